The van der Waals surface area contributed by atoms with Crippen molar-refractivity contribution in [1.82, 2.24) is 15.0 Å². The molecule has 0 atom stereocenters. The molecule has 66 valence electrons. The lowest BCUT2D eigenvalue weighted by atomic mass is 10.2. The Bertz CT molecular complexity index is 480. The Morgan fingerprint density at radius 3 is 3.00 bits per heavy atom. The highest BCUT2D eigenvalue weighted by Gasteiger charge is 2.11. The minimum atomic E-state index is -1.07. The van der Waals surface area contributed by atoms with Gasteiger partial charge in [0.1, 0.15) is 11.1 Å². The van der Waals surface area contributed by atoms with Crippen LogP contribution in [0.4, 0.5) is 0 Å². The lowest BCUT2D eigenvalue weighted by molar-refractivity contribution is 0.0698. The highest BCUT2D eigenvalue weighted by molar-refractivity contribution is 6.29. The zero-order chi connectivity index (χ0) is 9.42. The van der Waals surface area contributed by atoms with Gasteiger partial charge in [0.15, 0.2) is 0 Å². The second-order valence-electron chi connectivity index (χ2n) is 2.42. The molecule has 0 saturated carbocycles. The van der Waals surface area contributed by atoms with Crippen molar-refractivity contribution in [2.75, 3.05) is 0 Å². The number of aromatic nitrogens is 3. The van der Waals surface area contributed by atoms with Gasteiger partial charge in [0.05, 0.1) is 11.7 Å². The van der Waals surface area contributed by atoms with E-state index >= 15 is 0 Å². The number of aromatic carboxylic acids is 1. The molecule has 2 aromatic rings. The Morgan fingerprint density at radius 1 is 1.54 bits per heavy atom. The number of carbonyl (C=O) groups is 1. The highest BCUT2D eigenvalue weighted by atomic mass is 35.5. The Balaban J connectivity index is 2.82. The number of hydrogen-bond donors (Lipinski definition) is 2. The van der Waals surface area contributed by atoms with E-state index in [9.17, 15) is 4.79 Å². The first-order valence-electron chi connectivity index (χ1n) is 3.41. The number of hydrogen-bond acceptors (Lipinski definition) is 3. The average molecular weight is 198 g/mol. The maximum Gasteiger partial charge on any atom is 0.339 e. The van der Waals surface area contributed by atoms with Gasteiger partial charge in [-0.15, -0.1) is 0 Å². The molecular formula is C7H4ClN3O2. The second-order valence-corrected chi connectivity index (χ2v) is 2.77. The summed E-state index contributed by atoms with van der Waals surface area (Å²) in [7, 11) is 0. The van der Waals surface area contributed by atoms with Crippen LogP contribution in [0.25, 0.3) is 11.0 Å². The highest BCUT2D eigenvalue weighted by Crippen LogP contribution is 2.16. The molecule has 0 bridgehead atoms. The SMILES string of the molecule is O=C(O)c1cncc2[nH]c(Cl)nc12. The molecule has 0 radical (unpaired) electrons. The molecule has 0 aliphatic heterocycles. The Labute approximate surface area is 77.4 Å². The van der Waals surface area contributed by atoms with Crippen LogP contribution < -0.4 is 0 Å². The van der Waals surface area contributed by atoms with E-state index in [2.05, 4.69) is 15.0 Å². The third-order valence-corrected chi connectivity index (χ3v) is 1.77. The Morgan fingerprint density at radius 2 is 2.31 bits per heavy atom. The van der Waals surface area contributed by atoms with Crippen molar-refractivity contribution < 1.29 is 9.90 Å². The second kappa shape index (κ2) is 2.70. The molecule has 0 amide bonds. The number of pyridine rings is 1. The molecular weight excluding hydrogens is 194 g/mol. The normalized spacial score (nSPS) is 10.5. The van der Waals surface area contributed by atoms with Crippen molar-refractivity contribution in [1.29, 1.82) is 0 Å². The summed E-state index contributed by atoms with van der Waals surface area (Å²) in [5.74, 6) is -1.07. The minimum absolute atomic E-state index is 0.0423. The predicted molar refractivity (Wildman–Crippen MR) is 45.9 cm³/mol. The van der Waals surface area contributed by atoms with Gasteiger partial charge in [-0.05, 0) is 11.6 Å². The molecule has 0 unspecified atom stereocenters. The lowest BCUT2D eigenvalue weighted by Gasteiger charge is -1.92. The molecule has 2 aromatic heterocycles. The zero-order valence-corrected chi connectivity index (χ0v) is 7.04. The third-order valence-electron chi connectivity index (χ3n) is 1.60. The maximum absolute atomic E-state index is 10.7. The maximum atomic E-state index is 10.7. The molecule has 0 saturated heterocycles. The zero-order valence-electron chi connectivity index (χ0n) is 6.28. The number of halogens is 1. The van der Waals surface area contributed by atoms with E-state index < -0.39 is 5.97 Å². The number of fused-ring (bicyclic) bond motifs is 1. The lowest BCUT2D eigenvalue weighted by Crippen LogP contribution is -1.97. The van der Waals surface area contributed by atoms with Gasteiger partial charge in [-0.1, -0.05) is 0 Å². The van der Waals surface area contributed by atoms with Crippen molar-refractivity contribution >= 4 is 28.6 Å². The topological polar surface area (TPSA) is 78.9 Å². The molecule has 5 nitrogen and oxygen atoms in total. The van der Waals surface area contributed by atoms with Gasteiger partial charge < -0.3 is 10.1 Å². The van der Waals surface area contributed by atoms with Crippen molar-refractivity contribution in [2.24, 2.45) is 0 Å². The van der Waals surface area contributed by atoms with Gasteiger partial charge in [0, 0.05) is 6.20 Å². The van der Waals surface area contributed by atoms with Crippen molar-refractivity contribution in [2.45, 2.75) is 0 Å². The summed E-state index contributed by atoms with van der Waals surface area (Å²) >= 11 is 5.57. The van der Waals surface area contributed by atoms with Crippen LogP contribution in [-0.2, 0) is 0 Å². The fourth-order valence-corrected chi connectivity index (χ4v) is 1.25. The fourth-order valence-electron chi connectivity index (χ4n) is 1.06. The van der Waals surface area contributed by atoms with Gasteiger partial charge in [0.25, 0.3) is 0 Å². The molecule has 2 rings (SSSR count). The molecule has 0 fully saturated rings. The number of rotatable bonds is 1. The van der Waals surface area contributed by atoms with Crippen LogP contribution in [0.1, 0.15) is 10.4 Å². The van der Waals surface area contributed by atoms with E-state index in [1.54, 1.807) is 0 Å². The number of H-pyrrole nitrogens is 1. The molecule has 13 heavy (non-hydrogen) atoms. The summed E-state index contributed by atoms with van der Waals surface area (Å²) in [6.45, 7) is 0. The first-order chi connectivity index (χ1) is 6.18. The first-order valence-corrected chi connectivity index (χ1v) is 3.79. The van der Waals surface area contributed by atoms with Crippen LogP contribution in [0.3, 0.4) is 0 Å². The summed E-state index contributed by atoms with van der Waals surface area (Å²) < 4.78 is 0. The molecule has 0 aromatic carbocycles. The number of nitrogens with zero attached hydrogens (tertiary/aromatic N) is 2. The average Bonchev–Trinajstić information content (AvgIpc) is 2.43. The van der Waals surface area contributed by atoms with E-state index in [-0.39, 0.29) is 10.8 Å². The van der Waals surface area contributed by atoms with Gasteiger partial charge in [-0.3, -0.25) is 4.98 Å². The molecule has 6 heteroatoms. The van der Waals surface area contributed by atoms with E-state index in [1.165, 1.54) is 12.4 Å². The number of imidazole rings is 1. The summed E-state index contributed by atoms with van der Waals surface area (Å²) in [5, 5.41) is 8.91. The quantitative estimate of drug-likeness (QED) is 0.723. The van der Waals surface area contributed by atoms with Crippen LogP contribution in [0, 0.1) is 0 Å². The summed E-state index contributed by atoms with van der Waals surface area (Å²) in [4.78, 5) is 20.9. The molecule has 0 aliphatic carbocycles. The predicted octanol–water partition coefficient (Wildman–Crippen LogP) is 1.31. The molecule has 0 aliphatic rings. The summed E-state index contributed by atoms with van der Waals surface area (Å²) in [6.07, 6.45) is 2.71. The number of aromatic amines is 1. The van der Waals surface area contributed by atoms with Crippen LogP contribution in [0.5, 0.6) is 0 Å². The number of carboxylic acid groups (broad SMARTS) is 1. The standard InChI is InChI=1S/C7H4ClN3O2/c8-7-10-4-2-9-1-3(6(12)13)5(4)11-7/h1-2H,(H,10,11)(H,12,13). The smallest absolute Gasteiger partial charge is 0.339 e. The third kappa shape index (κ3) is 1.23. The van der Waals surface area contributed by atoms with Crippen molar-refractivity contribution in [3.05, 3.63) is 23.2 Å². The van der Waals surface area contributed by atoms with Gasteiger partial charge in [-0.2, -0.15) is 0 Å². The van der Waals surface area contributed by atoms with E-state index in [4.69, 9.17) is 16.7 Å². The Kier molecular flexibility index (Phi) is 1.66. The number of nitrogens with one attached hydrogen (secondary N) is 1. The van der Waals surface area contributed by atoms with E-state index in [0.29, 0.717) is 11.0 Å². The van der Waals surface area contributed by atoms with Crippen LogP contribution in [0.2, 0.25) is 5.28 Å². The van der Waals surface area contributed by atoms with Crippen LogP contribution in [0.15, 0.2) is 12.4 Å². The van der Waals surface area contributed by atoms with Gasteiger partial charge >= 0.3 is 5.97 Å². The van der Waals surface area contributed by atoms with E-state index in [1.807, 2.05) is 0 Å². The van der Waals surface area contributed by atoms with Gasteiger partial charge in [0.2, 0.25) is 5.28 Å². The van der Waals surface area contributed by atoms with Crippen LogP contribution in [-0.4, -0.2) is 26.0 Å². The summed E-state index contributed by atoms with van der Waals surface area (Å²) in [6, 6.07) is 0. The van der Waals surface area contributed by atoms with Crippen molar-refractivity contribution in [3.8, 4) is 0 Å². The van der Waals surface area contributed by atoms with E-state index in [0.717, 1.165) is 0 Å². The monoisotopic (exact) mass is 197 g/mol. The van der Waals surface area contributed by atoms with Gasteiger partial charge in [-0.25, -0.2) is 9.78 Å². The van der Waals surface area contributed by atoms with Crippen LogP contribution >= 0.6 is 11.6 Å². The molecule has 2 N–H and O–H groups in total. The fraction of sp³-hybridized carbons (Fsp3) is 0. The largest absolute Gasteiger partial charge is 0.478 e. The molecule has 2 heterocycles. The minimum Gasteiger partial charge on any atom is -0.478 e. The number of carboxylic acids is 1. The first kappa shape index (κ1) is 8.00. The summed E-state index contributed by atoms with van der Waals surface area (Å²) in [5.41, 5.74) is 0.887. The van der Waals surface area contributed by atoms with Crippen molar-refractivity contribution in [3.63, 3.8) is 0 Å². The molecule has 0 spiro atoms. The Hall–Kier alpha value is -1.62.